The number of likely N-dealkylation sites (tertiary alicyclic amines) is 1. The van der Waals surface area contributed by atoms with E-state index in [-0.39, 0.29) is 5.91 Å². The smallest absolute Gasteiger partial charge is 0.238 e. The highest BCUT2D eigenvalue weighted by molar-refractivity contribution is 6.06. The molecule has 1 unspecified atom stereocenters. The van der Waals surface area contributed by atoms with Crippen LogP contribution in [0.25, 0.3) is 0 Å². The third kappa shape index (κ3) is 3.98. The Morgan fingerprint density at radius 1 is 1.23 bits per heavy atom. The minimum absolute atomic E-state index is 0.0644. The van der Waals surface area contributed by atoms with E-state index in [0.717, 1.165) is 23.2 Å². The molecule has 1 aromatic heterocycles. The van der Waals surface area contributed by atoms with Crippen LogP contribution < -0.4 is 10.2 Å². The molecule has 0 aromatic carbocycles. The maximum Gasteiger partial charge on any atom is 0.238 e. The van der Waals surface area contributed by atoms with Crippen molar-refractivity contribution in [1.82, 2.24) is 15.1 Å². The van der Waals surface area contributed by atoms with Gasteiger partial charge in [0.25, 0.3) is 0 Å². The maximum absolute atomic E-state index is 12.8. The lowest BCUT2D eigenvalue weighted by molar-refractivity contribution is -0.122. The van der Waals surface area contributed by atoms with Gasteiger partial charge in [-0.15, -0.1) is 16.8 Å². The summed E-state index contributed by atoms with van der Waals surface area (Å²) in [4.78, 5) is 17.1. The molecule has 3 atom stereocenters. The maximum atomic E-state index is 12.8. The zero-order valence-electron chi connectivity index (χ0n) is 19.2. The number of carbonyl (C=O) groups excluding carboxylic acids is 1. The van der Waals surface area contributed by atoms with Crippen LogP contribution in [0.4, 0.5) is 11.6 Å². The highest BCUT2D eigenvalue weighted by Crippen LogP contribution is 2.42. The summed E-state index contributed by atoms with van der Waals surface area (Å²) in [5.74, 6) is 3.10. The number of hydrogen-bond acceptors (Lipinski definition) is 5. The molecule has 6 heteroatoms. The molecule has 1 aromatic rings. The summed E-state index contributed by atoms with van der Waals surface area (Å²) < 4.78 is 0. The van der Waals surface area contributed by atoms with E-state index in [1.54, 1.807) is 11.0 Å². The molecule has 1 saturated carbocycles. The molecule has 30 heavy (non-hydrogen) atoms. The Bertz CT molecular complexity index is 813. The molecule has 1 saturated heterocycles. The zero-order valence-corrected chi connectivity index (χ0v) is 19.2. The van der Waals surface area contributed by atoms with Crippen LogP contribution in [0.5, 0.6) is 0 Å². The van der Waals surface area contributed by atoms with Crippen molar-refractivity contribution in [3.8, 4) is 0 Å². The van der Waals surface area contributed by atoms with Gasteiger partial charge in [0.1, 0.15) is 5.82 Å². The van der Waals surface area contributed by atoms with Crippen LogP contribution in [0.3, 0.4) is 0 Å². The van der Waals surface area contributed by atoms with Crippen molar-refractivity contribution in [2.45, 2.75) is 65.3 Å². The van der Waals surface area contributed by atoms with Gasteiger partial charge in [0.2, 0.25) is 5.91 Å². The van der Waals surface area contributed by atoms with Gasteiger partial charge in [0.15, 0.2) is 5.82 Å². The molecule has 3 heterocycles. The lowest BCUT2D eigenvalue weighted by Crippen LogP contribution is -2.36. The topological polar surface area (TPSA) is 61.4 Å². The average Bonchev–Trinajstić information content (AvgIpc) is 3.26. The molecule has 4 rings (SSSR count). The fraction of sp³-hybridized carbons (Fsp3) is 0.708. The fourth-order valence-corrected chi connectivity index (χ4v) is 5.36. The SMILES string of the molecule is C=CCN1C(=O)C(C)(C)c2cc(N[C@@H]3CC4CN(CCC(C)(C)C)C[C@H]4C3)nnc21. The van der Waals surface area contributed by atoms with E-state index < -0.39 is 5.41 Å². The fourth-order valence-electron chi connectivity index (χ4n) is 5.36. The lowest BCUT2D eigenvalue weighted by Gasteiger charge is -2.24. The molecule has 0 radical (unpaired) electrons. The van der Waals surface area contributed by atoms with Crippen molar-refractivity contribution in [1.29, 1.82) is 0 Å². The number of anilines is 2. The van der Waals surface area contributed by atoms with Gasteiger partial charge in [-0.2, -0.15) is 0 Å². The first kappa shape index (κ1) is 21.3. The summed E-state index contributed by atoms with van der Waals surface area (Å²) in [7, 11) is 0. The van der Waals surface area contributed by atoms with Crippen LogP contribution in [0.1, 0.15) is 59.4 Å². The highest BCUT2D eigenvalue weighted by Gasteiger charge is 2.45. The number of nitrogens with one attached hydrogen (secondary N) is 1. The molecular formula is C24H37N5O. The van der Waals surface area contributed by atoms with Gasteiger partial charge in [0.05, 0.1) is 5.41 Å². The minimum atomic E-state index is -0.579. The predicted molar refractivity (Wildman–Crippen MR) is 122 cm³/mol. The third-order valence-electron chi connectivity index (χ3n) is 7.15. The number of hydrogen-bond donors (Lipinski definition) is 1. The van der Waals surface area contributed by atoms with E-state index in [1.807, 2.05) is 19.9 Å². The second-order valence-corrected chi connectivity index (χ2v) is 11.2. The Kier molecular flexibility index (Phi) is 5.41. The second kappa shape index (κ2) is 7.63. The standard InChI is InChI=1S/C24H37N5O/c1-7-9-29-21-19(24(5,6)22(29)30)13-20(26-27-21)25-18-11-16-14-28(15-17(16)12-18)10-8-23(2,3)4/h7,13,16-18H,1,8-12,14-15H2,2-6H3,(H,25,26)/t16-,17?,18+/m1/s1. The largest absolute Gasteiger partial charge is 0.366 e. The van der Waals surface area contributed by atoms with Crippen LogP contribution in [0.2, 0.25) is 0 Å². The molecule has 0 spiro atoms. The third-order valence-corrected chi connectivity index (χ3v) is 7.15. The van der Waals surface area contributed by atoms with E-state index in [1.165, 1.54) is 38.9 Å². The predicted octanol–water partition coefficient (Wildman–Crippen LogP) is 3.85. The number of carbonyl (C=O) groups is 1. The summed E-state index contributed by atoms with van der Waals surface area (Å²) in [6.45, 7) is 18.8. The Morgan fingerprint density at radius 2 is 1.90 bits per heavy atom. The van der Waals surface area contributed by atoms with Crippen molar-refractivity contribution >= 4 is 17.5 Å². The number of fused-ring (bicyclic) bond motifs is 2. The molecular weight excluding hydrogens is 374 g/mol. The molecule has 3 aliphatic rings. The highest BCUT2D eigenvalue weighted by atomic mass is 16.2. The average molecular weight is 412 g/mol. The molecule has 6 nitrogen and oxygen atoms in total. The first-order valence-electron chi connectivity index (χ1n) is 11.4. The van der Waals surface area contributed by atoms with Gasteiger partial charge in [-0.25, -0.2) is 0 Å². The van der Waals surface area contributed by atoms with Crippen LogP contribution in [-0.4, -0.2) is 53.2 Å². The van der Waals surface area contributed by atoms with Crippen molar-refractivity contribution in [2.24, 2.45) is 17.3 Å². The van der Waals surface area contributed by atoms with Gasteiger partial charge in [-0.1, -0.05) is 26.8 Å². The van der Waals surface area contributed by atoms with E-state index in [2.05, 4.69) is 47.8 Å². The van der Waals surface area contributed by atoms with Gasteiger partial charge in [-0.3, -0.25) is 9.69 Å². The first-order chi connectivity index (χ1) is 14.1. The van der Waals surface area contributed by atoms with Gasteiger partial charge in [-0.05, 0) is 63.0 Å². The van der Waals surface area contributed by atoms with E-state index in [0.29, 0.717) is 23.8 Å². The molecule has 1 amide bonds. The van der Waals surface area contributed by atoms with Crippen LogP contribution in [0.15, 0.2) is 18.7 Å². The number of aromatic nitrogens is 2. The molecule has 2 aliphatic heterocycles. The number of rotatable bonds is 6. The van der Waals surface area contributed by atoms with Crippen molar-refractivity contribution in [2.75, 3.05) is 36.4 Å². The Morgan fingerprint density at radius 3 is 2.50 bits per heavy atom. The van der Waals surface area contributed by atoms with Crippen LogP contribution >= 0.6 is 0 Å². The number of nitrogens with zero attached hydrogens (tertiary/aromatic N) is 4. The molecule has 2 fully saturated rings. The second-order valence-electron chi connectivity index (χ2n) is 11.2. The van der Waals surface area contributed by atoms with Gasteiger partial charge >= 0.3 is 0 Å². The quantitative estimate of drug-likeness (QED) is 0.721. The summed E-state index contributed by atoms with van der Waals surface area (Å²) in [6, 6.07) is 2.48. The van der Waals surface area contributed by atoms with Crippen LogP contribution in [0, 0.1) is 17.3 Å². The van der Waals surface area contributed by atoms with Crippen molar-refractivity contribution < 1.29 is 4.79 Å². The van der Waals surface area contributed by atoms with Gasteiger partial charge < -0.3 is 10.2 Å². The zero-order chi connectivity index (χ0) is 21.7. The van der Waals surface area contributed by atoms with E-state index in [4.69, 9.17) is 0 Å². The molecule has 164 valence electrons. The van der Waals surface area contributed by atoms with Crippen molar-refractivity contribution in [3.63, 3.8) is 0 Å². The van der Waals surface area contributed by atoms with Gasteiger partial charge in [0, 0.05) is 31.2 Å². The molecule has 1 N–H and O–H groups in total. The summed E-state index contributed by atoms with van der Waals surface area (Å²) in [5, 5.41) is 12.5. The lowest BCUT2D eigenvalue weighted by atomic mass is 9.87. The van der Waals surface area contributed by atoms with Crippen molar-refractivity contribution in [3.05, 3.63) is 24.3 Å². The first-order valence-corrected chi connectivity index (χ1v) is 11.4. The Labute approximate surface area is 181 Å². The normalized spacial score (nSPS) is 28.0. The Hall–Kier alpha value is -1.95. The summed E-state index contributed by atoms with van der Waals surface area (Å²) in [6.07, 6.45) is 5.38. The van der Waals surface area contributed by atoms with E-state index in [9.17, 15) is 4.79 Å². The summed E-state index contributed by atoms with van der Waals surface area (Å²) >= 11 is 0. The Balaban J connectivity index is 1.38. The number of amides is 1. The van der Waals surface area contributed by atoms with E-state index >= 15 is 0 Å². The van der Waals surface area contributed by atoms with Crippen LogP contribution in [-0.2, 0) is 10.2 Å². The molecule has 1 aliphatic carbocycles. The minimum Gasteiger partial charge on any atom is -0.366 e. The summed E-state index contributed by atoms with van der Waals surface area (Å²) in [5.41, 5.74) is 0.785. The monoisotopic (exact) mass is 411 g/mol. The molecule has 0 bridgehead atoms.